The maximum Gasteiger partial charge on any atom is 0.410 e. The van der Waals surface area contributed by atoms with Gasteiger partial charge in [0.15, 0.2) is 0 Å². The van der Waals surface area contributed by atoms with Crippen molar-refractivity contribution >= 4 is 6.09 Å². The van der Waals surface area contributed by atoms with Crippen LogP contribution in [0.3, 0.4) is 0 Å². The van der Waals surface area contributed by atoms with Crippen molar-refractivity contribution in [3.63, 3.8) is 0 Å². The van der Waals surface area contributed by atoms with Crippen molar-refractivity contribution in [2.24, 2.45) is 46.3 Å². The van der Waals surface area contributed by atoms with Crippen molar-refractivity contribution in [2.45, 2.75) is 149 Å². The van der Waals surface area contributed by atoms with Gasteiger partial charge in [0.1, 0.15) is 5.60 Å². The Bertz CT molecular complexity index is 893. The maximum atomic E-state index is 12.6. The molecule has 1 heterocycles. The van der Waals surface area contributed by atoms with Crippen molar-refractivity contribution in [3.8, 4) is 0 Å². The van der Waals surface area contributed by atoms with Crippen molar-refractivity contribution in [1.82, 2.24) is 4.90 Å². The standard InChI is InChI=1S/C35H59NO3/c1-24(11-8-7-9-12-26-13-10-22-36(26)32(38)39-33(2,3)4)29-16-17-30-28-15-14-25-23-27(37)18-20-34(25,5)31(28)19-21-35(29,30)6/h7,9,24-31,37H,8,10-23H2,1-6H3/b9-7+/t24-,25-,26?,27-,28+,29-,30+,31+,34+,35-/m1/s1. The topological polar surface area (TPSA) is 49.8 Å². The second-order valence-corrected chi connectivity index (χ2v) is 16.0. The first-order chi connectivity index (χ1) is 18.4. The first kappa shape index (κ1) is 29.5. The van der Waals surface area contributed by atoms with Gasteiger partial charge in [-0.25, -0.2) is 4.79 Å². The quantitative estimate of drug-likeness (QED) is 0.342. The Morgan fingerprint density at radius 3 is 2.51 bits per heavy atom. The summed E-state index contributed by atoms with van der Waals surface area (Å²) in [7, 11) is 0. The minimum Gasteiger partial charge on any atom is -0.444 e. The average molecular weight is 542 g/mol. The lowest BCUT2D eigenvalue weighted by Crippen LogP contribution is -2.54. The fourth-order valence-electron chi connectivity index (χ4n) is 10.8. The Morgan fingerprint density at radius 1 is 1.00 bits per heavy atom. The predicted molar refractivity (Wildman–Crippen MR) is 159 cm³/mol. The van der Waals surface area contributed by atoms with Crippen LogP contribution in [0.15, 0.2) is 12.2 Å². The van der Waals surface area contributed by atoms with Crippen LogP contribution in [-0.2, 0) is 4.74 Å². The zero-order chi connectivity index (χ0) is 28.0. The number of amides is 1. The zero-order valence-corrected chi connectivity index (χ0v) is 26.1. The van der Waals surface area contributed by atoms with Gasteiger partial charge in [-0.05, 0) is 157 Å². The smallest absolute Gasteiger partial charge is 0.410 e. The maximum absolute atomic E-state index is 12.6. The number of ether oxygens (including phenoxy) is 1. The highest BCUT2D eigenvalue weighted by atomic mass is 16.6. The van der Waals surface area contributed by atoms with Crippen LogP contribution in [-0.4, -0.2) is 40.4 Å². The van der Waals surface area contributed by atoms with E-state index in [-0.39, 0.29) is 12.2 Å². The number of carbonyl (C=O) groups excluding carboxylic acids is 1. The summed E-state index contributed by atoms with van der Waals surface area (Å²) in [5.41, 5.74) is 0.581. The third kappa shape index (κ3) is 5.84. The monoisotopic (exact) mass is 541 g/mol. The van der Waals surface area contributed by atoms with Crippen LogP contribution in [0.25, 0.3) is 0 Å². The number of allylic oxidation sites excluding steroid dienone is 1. The molecule has 5 aliphatic rings. The second kappa shape index (κ2) is 11.3. The lowest BCUT2D eigenvalue weighted by Gasteiger charge is -2.61. The molecule has 0 aromatic heterocycles. The predicted octanol–water partition coefficient (Wildman–Crippen LogP) is 8.77. The summed E-state index contributed by atoms with van der Waals surface area (Å²) < 4.78 is 5.64. The van der Waals surface area contributed by atoms with Gasteiger partial charge in [0.05, 0.1) is 6.10 Å². The van der Waals surface area contributed by atoms with Crippen molar-refractivity contribution in [1.29, 1.82) is 0 Å². The first-order valence-corrected chi connectivity index (χ1v) is 16.7. The molecule has 0 spiro atoms. The number of likely N-dealkylation sites (tertiary alicyclic amines) is 1. The molecule has 0 bridgehead atoms. The lowest BCUT2D eigenvalue weighted by molar-refractivity contribution is -0.129. The van der Waals surface area contributed by atoms with Crippen molar-refractivity contribution in [3.05, 3.63) is 12.2 Å². The van der Waals surface area contributed by atoms with E-state index in [0.29, 0.717) is 16.9 Å². The minimum atomic E-state index is -0.428. The summed E-state index contributed by atoms with van der Waals surface area (Å²) >= 11 is 0. The first-order valence-electron chi connectivity index (χ1n) is 16.7. The fraction of sp³-hybridized carbons (Fsp3) is 0.914. The summed E-state index contributed by atoms with van der Waals surface area (Å²) in [6.45, 7) is 14.5. The van der Waals surface area contributed by atoms with E-state index in [1.807, 2.05) is 25.7 Å². The third-order valence-corrected chi connectivity index (χ3v) is 12.8. The van der Waals surface area contributed by atoms with Crippen LogP contribution in [0.4, 0.5) is 4.79 Å². The summed E-state index contributed by atoms with van der Waals surface area (Å²) in [5, 5.41) is 10.4. The third-order valence-electron chi connectivity index (χ3n) is 12.8. The van der Waals surface area contributed by atoms with Crippen molar-refractivity contribution in [2.75, 3.05) is 6.54 Å². The summed E-state index contributed by atoms with van der Waals surface area (Å²) in [6, 6.07) is 0.294. The van der Waals surface area contributed by atoms with E-state index in [2.05, 4.69) is 32.9 Å². The zero-order valence-electron chi connectivity index (χ0n) is 26.1. The second-order valence-electron chi connectivity index (χ2n) is 16.0. The van der Waals surface area contributed by atoms with E-state index < -0.39 is 5.60 Å². The molecule has 1 unspecified atom stereocenters. The highest BCUT2D eigenvalue weighted by Crippen LogP contribution is 2.68. The van der Waals surface area contributed by atoms with E-state index in [1.165, 1.54) is 51.4 Å². The van der Waals surface area contributed by atoms with E-state index in [9.17, 15) is 9.90 Å². The van der Waals surface area contributed by atoms with Gasteiger partial charge < -0.3 is 14.7 Å². The summed E-state index contributed by atoms with van der Waals surface area (Å²) in [4.78, 5) is 14.6. The number of fused-ring (bicyclic) bond motifs is 5. The molecule has 1 aliphatic heterocycles. The molecule has 4 nitrogen and oxygen atoms in total. The van der Waals surface area contributed by atoms with Gasteiger partial charge >= 0.3 is 6.09 Å². The highest BCUT2D eigenvalue weighted by Gasteiger charge is 2.60. The van der Waals surface area contributed by atoms with Crippen LogP contribution >= 0.6 is 0 Å². The van der Waals surface area contributed by atoms with Gasteiger partial charge in [-0.3, -0.25) is 0 Å². The summed E-state index contributed by atoms with van der Waals surface area (Å²) in [6.07, 6.45) is 22.0. The molecule has 1 N–H and O–H groups in total. The molecular weight excluding hydrogens is 482 g/mol. The minimum absolute atomic E-state index is 0.0404. The largest absolute Gasteiger partial charge is 0.444 e. The molecule has 222 valence electrons. The van der Waals surface area contributed by atoms with Gasteiger partial charge in [-0.1, -0.05) is 32.9 Å². The normalized spacial score (nSPS) is 43.2. The van der Waals surface area contributed by atoms with E-state index in [0.717, 1.165) is 80.6 Å². The molecule has 10 atom stereocenters. The Morgan fingerprint density at radius 2 is 1.74 bits per heavy atom. The van der Waals surface area contributed by atoms with Crippen LogP contribution in [0.2, 0.25) is 0 Å². The molecule has 0 aromatic carbocycles. The Kier molecular flexibility index (Phi) is 8.56. The van der Waals surface area contributed by atoms with Crippen LogP contribution in [0.5, 0.6) is 0 Å². The molecule has 39 heavy (non-hydrogen) atoms. The number of hydrogen-bond donors (Lipinski definition) is 1. The Balaban J connectivity index is 1.12. The molecule has 4 aliphatic carbocycles. The molecule has 4 saturated carbocycles. The van der Waals surface area contributed by atoms with Gasteiger partial charge in [-0.15, -0.1) is 0 Å². The number of nitrogens with zero attached hydrogens (tertiary/aromatic N) is 1. The van der Waals surface area contributed by atoms with Crippen LogP contribution in [0, 0.1) is 46.3 Å². The number of rotatable bonds is 6. The summed E-state index contributed by atoms with van der Waals surface area (Å²) in [5.74, 6) is 5.15. The fourth-order valence-corrected chi connectivity index (χ4v) is 10.8. The number of hydrogen-bond acceptors (Lipinski definition) is 3. The van der Waals surface area contributed by atoms with Crippen LogP contribution in [0.1, 0.15) is 131 Å². The molecular formula is C35H59NO3. The Labute approximate surface area is 239 Å². The van der Waals surface area contributed by atoms with Crippen LogP contribution < -0.4 is 0 Å². The molecule has 0 radical (unpaired) electrons. The lowest BCUT2D eigenvalue weighted by atomic mass is 9.44. The van der Waals surface area contributed by atoms with E-state index >= 15 is 0 Å². The molecule has 1 saturated heterocycles. The van der Waals surface area contributed by atoms with Crippen molar-refractivity contribution < 1.29 is 14.6 Å². The van der Waals surface area contributed by atoms with Gasteiger partial charge in [-0.2, -0.15) is 0 Å². The number of aliphatic hydroxyl groups excluding tert-OH is 1. The van der Waals surface area contributed by atoms with E-state index in [4.69, 9.17) is 4.74 Å². The number of carbonyl (C=O) groups is 1. The molecule has 5 fully saturated rings. The van der Waals surface area contributed by atoms with E-state index in [1.54, 1.807) is 0 Å². The van der Waals surface area contributed by atoms with Gasteiger partial charge in [0.2, 0.25) is 0 Å². The van der Waals surface area contributed by atoms with Gasteiger partial charge in [0, 0.05) is 12.6 Å². The molecule has 4 heteroatoms. The SMILES string of the molecule is C[C@H](CC/C=C/CC1CCCN1C(=O)OC(C)(C)C)[C@H]1CC[C@H]2[C@@H]3CC[C@@H]4C[C@H](O)CC[C@]4(C)[C@H]3CC[C@]12C. The Hall–Kier alpha value is -1.03. The molecule has 5 rings (SSSR count). The molecule has 1 amide bonds. The average Bonchev–Trinajstić information content (AvgIpc) is 3.47. The number of aliphatic hydroxyl groups is 1. The van der Waals surface area contributed by atoms with Gasteiger partial charge in [0.25, 0.3) is 0 Å². The highest BCUT2D eigenvalue weighted by molar-refractivity contribution is 5.69. The molecule has 0 aromatic rings.